The average molecular weight is 289 g/mol. The first-order valence-corrected chi connectivity index (χ1v) is 7.05. The van der Waals surface area contributed by atoms with Gasteiger partial charge in [0.1, 0.15) is 5.15 Å². The second-order valence-electron chi connectivity index (χ2n) is 5.00. The van der Waals surface area contributed by atoms with Crippen LogP contribution in [0.1, 0.15) is 38.4 Å². The van der Waals surface area contributed by atoms with Crippen molar-refractivity contribution in [3.05, 3.63) is 16.4 Å². The Hall–Kier alpha value is -0.620. The zero-order valence-corrected chi connectivity index (χ0v) is 13.2. The largest absolute Gasteiger partial charge is 0.374 e. The number of nitrogens with zero attached hydrogens (tertiary/aromatic N) is 2. The van der Waals surface area contributed by atoms with Crippen LogP contribution in [0.15, 0.2) is 0 Å². The number of hydrazine groups is 1. The van der Waals surface area contributed by atoms with E-state index in [9.17, 15) is 0 Å². The third kappa shape index (κ3) is 3.48. The predicted octanol–water partition coefficient (Wildman–Crippen LogP) is 1.96. The molecule has 19 heavy (non-hydrogen) atoms. The van der Waals surface area contributed by atoms with Gasteiger partial charge in [-0.15, -0.1) is 0 Å². The number of halogens is 1. The molecule has 0 aliphatic carbocycles. The lowest BCUT2D eigenvalue weighted by Crippen LogP contribution is -2.54. The Morgan fingerprint density at radius 2 is 2.16 bits per heavy atom. The van der Waals surface area contributed by atoms with Crippen LogP contribution in [0.5, 0.6) is 0 Å². The van der Waals surface area contributed by atoms with Gasteiger partial charge in [0.05, 0.1) is 17.3 Å². The highest BCUT2D eigenvalue weighted by Gasteiger charge is 2.34. The summed E-state index contributed by atoms with van der Waals surface area (Å²) in [5.41, 5.74) is 4.50. The van der Waals surface area contributed by atoms with Crippen molar-refractivity contribution in [2.24, 2.45) is 12.9 Å². The smallest absolute Gasteiger partial charge is 0.130 e. The Morgan fingerprint density at radius 1 is 1.53 bits per heavy atom. The third-order valence-corrected chi connectivity index (χ3v) is 4.27. The highest BCUT2D eigenvalue weighted by molar-refractivity contribution is 6.30. The molecule has 1 heterocycles. The Bertz CT molecular complexity index is 421. The van der Waals surface area contributed by atoms with Crippen LogP contribution in [-0.4, -0.2) is 28.0 Å². The summed E-state index contributed by atoms with van der Waals surface area (Å²) >= 11 is 6.28. The van der Waals surface area contributed by atoms with E-state index >= 15 is 0 Å². The van der Waals surface area contributed by atoms with Crippen LogP contribution in [0.2, 0.25) is 5.15 Å². The number of rotatable bonds is 7. The highest BCUT2D eigenvalue weighted by Crippen LogP contribution is 2.27. The molecule has 0 aliphatic rings. The molecule has 0 radical (unpaired) electrons. The van der Waals surface area contributed by atoms with Crippen LogP contribution >= 0.6 is 11.6 Å². The molecule has 3 N–H and O–H groups in total. The topological polar surface area (TPSA) is 65.1 Å². The molecule has 110 valence electrons. The normalized spacial score (nSPS) is 16.4. The molecular weight excluding hydrogens is 264 g/mol. The van der Waals surface area contributed by atoms with Crippen LogP contribution in [0.25, 0.3) is 0 Å². The second-order valence-corrected chi connectivity index (χ2v) is 5.36. The van der Waals surface area contributed by atoms with Crippen LogP contribution in [0.3, 0.4) is 0 Å². The van der Waals surface area contributed by atoms with Crippen molar-refractivity contribution in [3.63, 3.8) is 0 Å². The lowest BCUT2D eigenvalue weighted by atomic mass is 9.89. The van der Waals surface area contributed by atoms with E-state index in [2.05, 4.69) is 24.4 Å². The third-order valence-electron chi connectivity index (χ3n) is 3.79. The van der Waals surface area contributed by atoms with Gasteiger partial charge in [0, 0.05) is 19.2 Å². The molecule has 5 nitrogen and oxygen atoms in total. The molecule has 0 saturated heterocycles. The lowest BCUT2D eigenvalue weighted by Gasteiger charge is -2.36. The monoisotopic (exact) mass is 288 g/mol. The van der Waals surface area contributed by atoms with Gasteiger partial charge in [-0.05, 0) is 33.6 Å². The molecule has 2 atom stereocenters. The van der Waals surface area contributed by atoms with E-state index < -0.39 is 0 Å². The number of ether oxygens (including phenoxy) is 1. The number of hydrogen-bond donors (Lipinski definition) is 2. The van der Waals surface area contributed by atoms with Crippen molar-refractivity contribution in [2.75, 3.05) is 6.61 Å². The number of aryl methyl sites for hydroxylation is 2. The van der Waals surface area contributed by atoms with Gasteiger partial charge >= 0.3 is 0 Å². The minimum atomic E-state index is -0.324. The summed E-state index contributed by atoms with van der Waals surface area (Å²) in [6.07, 6.45) is 1.56. The molecule has 0 aromatic carbocycles. The Morgan fingerprint density at radius 3 is 2.53 bits per heavy atom. The fourth-order valence-electron chi connectivity index (χ4n) is 2.34. The van der Waals surface area contributed by atoms with E-state index in [0.717, 1.165) is 17.7 Å². The average Bonchev–Trinajstić information content (AvgIpc) is 2.61. The molecule has 0 aliphatic heterocycles. The molecule has 0 bridgehead atoms. The molecule has 1 aromatic heterocycles. The van der Waals surface area contributed by atoms with Gasteiger partial charge < -0.3 is 4.74 Å². The van der Waals surface area contributed by atoms with Crippen LogP contribution in [-0.2, 0) is 18.2 Å². The lowest BCUT2D eigenvalue weighted by molar-refractivity contribution is -0.0551. The van der Waals surface area contributed by atoms with Gasteiger partial charge in [-0.1, -0.05) is 18.5 Å². The number of nitrogens with two attached hydrogens (primary N) is 1. The molecule has 0 amide bonds. The van der Waals surface area contributed by atoms with Crippen LogP contribution in [0, 0.1) is 6.92 Å². The fourth-order valence-corrected chi connectivity index (χ4v) is 2.59. The number of aromatic nitrogens is 2. The summed E-state index contributed by atoms with van der Waals surface area (Å²) in [6.45, 7) is 8.77. The van der Waals surface area contributed by atoms with Crippen molar-refractivity contribution in [1.29, 1.82) is 0 Å². The van der Waals surface area contributed by atoms with Crippen molar-refractivity contribution < 1.29 is 4.74 Å². The van der Waals surface area contributed by atoms with Gasteiger partial charge in [0.25, 0.3) is 0 Å². The van der Waals surface area contributed by atoms with Crippen molar-refractivity contribution in [2.45, 2.75) is 52.2 Å². The van der Waals surface area contributed by atoms with E-state index in [1.54, 1.807) is 4.68 Å². The van der Waals surface area contributed by atoms with E-state index in [0.29, 0.717) is 18.2 Å². The summed E-state index contributed by atoms with van der Waals surface area (Å²) in [7, 11) is 1.84. The fraction of sp³-hybridized carbons (Fsp3) is 0.769. The minimum Gasteiger partial charge on any atom is -0.374 e. The Balaban J connectivity index is 2.98. The summed E-state index contributed by atoms with van der Waals surface area (Å²) in [4.78, 5) is 0. The number of nitrogens with one attached hydrogen (secondary N) is 1. The Labute approximate surface area is 120 Å². The van der Waals surface area contributed by atoms with Crippen LogP contribution < -0.4 is 11.3 Å². The highest BCUT2D eigenvalue weighted by atomic mass is 35.5. The molecule has 0 spiro atoms. The molecule has 2 unspecified atom stereocenters. The van der Waals surface area contributed by atoms with Gasteiger partial charge in [-0.25, -0.2) is 0 Å². The summed E-state index contributed by atoms with van der Waals surface area (Å²) in [6, 6.07) is -0.0159. The SMILES string of the molecule is CCOC(C)(CC)C(Cc1c(C)nn(C)c1Cl)NN. The zero-order chi connectivity index (χ0) is 14.6. The first kappa shape index (κ1) is 16.4. The summed E-state index contributed by atoms with van der Waals surface area (Å²) in [5, 5.41) is 4.99. The molecule has 6 heteroatoms. The van der Waals surface area contributed by atoms with Crippen molar-refractivity contribution in [3.8, 4) is 0 Å². The van der Waals surface area contributed by atoms with Crippen molar-refractivity contribution in [1.82, 2.24) is 15.2 Å². The summed E-state index contributed by atoms with van der Waals surface area (Å²) < 4.78 is 7.56. The standard InChI is InChI=1S/C13H25ClN4O/c1-6-13(4,19-7-2)11(16-15)8-10-9(3)17-18(5)12(10)14/h11,16H,6-8,15H2,1-5H3. The molecule has 1 rings (SSSR count). The predicted molar refractivity (Wildman–Crippen MR) is 78.1 cm³/mol. The maximum atomic E-state index is 6.28. The number of hydrogen-bond acceptors (Lipinski definition) is 4. The maximum absolute atomic E-state index is 6.28. The van der Waals surface area contributed by atoms with E-state index in [-0.39, 0.29) is 11.6 Å². The quantitative estimate of drug-likeness (QED) is 0.595. The van der Waals surface area contributed by atoms with Gasteiger partial charge in [0.15, 0.2) is 0 Å². The first-order chi connectivity index (χ1) is 8.89. The molecule has 0 fully saturated rings. The minimum absolute atomic E-state index is 0.0159. The van der Waals surface area contributed by atoms with Gasteiger partial charge in [-0.2, -0.15) is 5.10 Å². The first-order valence-electron chi connectivity index (χ1n) is 6.67. The summed E-state index contributed by atoms with van der Waals surface area (Å²) in [5.74, 6) is 5.72. The van der Waals surface area contributed by atoms with Crippen LogP contribution in [0.4, 0.5) is 0 Å². The molecule has 0 saturated carbocycles. The van der Waals surface area contributed by atoms with Gasteiger partial charge in [-0.3, -0.25) is 16.0 Å². The molecule has 1 aromatic rings. The molecular formula is C13H25ClN4O. The van der Waals surface area contributed by atoms with Gasteiger partial charge in [0.2, 0.25) is 0 Å². The van der Waals surface area contributed by atoms with E-state index in [1.165, 1.54) is 0 Å². The van der Waals surface area contributed by atoms with Crippen molar-refractivity contribution >= 4 is 11.6 Å². The van der Waals surface area contributed by atoms with E-state index in [4.69, 9.17) is 22.2 Å². The maximum Gasteiger partial charge on any atom is 0.130 e. The van der Waals surface area contributed by atoms with E-state index in [1.807, 2.05) is 20.9 Å². The zero-order valence-electron chi connectivity index (χ0n) is 12.5. The Kier molecular flexibility index (Phi) is 5.80. The second kappa shape index (κ2) is 6.70.